The molecule has 2 nitrogen and oxygen atoms in total. The zero-order valence-corrected chi connectivity index (χ0v) is 12.0. The lowest BCUT2D eigenvalue weighted by atomic mass is 10.2. The maximum Gasteiger partial charge on any atom is 0.0932 e. The van der Waals surface area contributed by atoms with Crippen LogP contribution in [0.25, 0.3) is 10.6 Å². The first-order valence-electron chi connectivity index (χ1n) is 5.18. The molecule has 0 atom stereocenters. The zero-order chi connectivity index (χ0) is 11.4. The highest BCUT2D eigenvalue weighted by molar-refractivity contribution is 9.10. The van der Waals surface area contributed by atoms with Gasteiger partial charge in [0.1, 0.15) is 0 Å². The average molecular weight is 317 g/mol. The van der Waals surface area contributed by atoms with Crippen LogP contribution < -0.4 is 5.73 Å². The minimum absolute atomic E-state index is 0.774. The lowest BCUT2D eigenvalue weighted by Gasteiger charge is -1.94. The number of thiophene rings is 1. The fourth-order valence-electron chi connectivity index (χ4n) is 1.41. The molecule has 2 rings (SSSR count). The standard InChI is InChI=1S/C11H13BrN2S2/c12-8-5-10(15-6-8)9-7-16-11(14-9)3-1-2-4-13/h5-7H,1-4,13H2. The quantitative estimate of drug-likeness (QED) is 0.849. The third kappa shape index (κ3) is 3.13. The Hall–Kier alpha value is -0.230. The maximum atomic E-state index is 5.47. The molecule has 0 fully saturated rings. The van der Waals surface area contributed by atoms with Crippen LogP contribution in [0.1, 0.15) is 17.8 Å². The van der Waals surface area contributed by atoms with Gasteiger partial charge < -0.3 is 5.73 Å². The molecule has 0 saturated heterocycles. The topological polar surface area (TPSA) is 38.9 Å². The minimum Gasteiger partial charge on any atom is -0.330 e. The molecule has 2 heterocycles. The van der Waals surface area contributed by atoms with Crippen molar-refractivity contribution < 1.29 is 0 Å². The molecule has 0 aromatic carbocycles. The van der Waals surface area contributed by atoms with E-state index in [9.17, 15) is 0 Å². The Morgan fingerprint density at radius 1 is 1.25 bits per heavy atom. The van der Waals surface area contributed by atoms with Gasteiger partial charge in [-0.25, -0.2) is 4.98 Å². The molecule has 16 heavy (non-hydrogen) atoms. The van der Waals surface area contributed by atoms with Crippen LogP contribution in [0.15, 0.2) is 21.3 Å². The van der Waals surface area contributed by atoms with Gasteiger partial charge in [-0.3, -0.25) is 0 Å². The largest absolute Gasteiger partial charge is 0.330 e. The van der Waals surface area contributed by atoms with Crippen LogP contribution in [-0.2, 0) is 6.42 Å². The molecular formula is C11H13BrN2S2. The van der Waals surface area contributed by atoms with Gasteiger partial charge in [-0.05, 0) is 47.8 Å². The van der Waals surface area contributed by atoms with E-state index in [-0.39, 0.29) is 0 Å². The second-order valence-electron chi connectivity index (χ2n) is 3.50. The van der Waals surface area contributed by atoms with E-state index in [1.165, 1.54) is 9.88 Å². The fraction of sp³-hybridized carbons (Fsp3) is 0.364. The summed E-state index contributed by atoms with van der Waals surface area (Å²) in [6.45, 7) is 0.774. The molecular weight excluding hydrogens is 304 g/mol. The van der Waals surface area contributed by atoms with Crippen molar-refractivity contribution in [1.29, 1.82) is 0 Å². The molecule has 0 aliphatic rings. The molecule has 0 bridgehead atoms. The summed E-state index contributed by atoms with van der Waals surface area (Å²) in [4.78, 5) is 5.86. The van der Waals surface area contributed by atoms with Gasteiger partial charge >= 0.3 is 0 Å². The number of hydrogen-bond donors (Lipinski definition) is 1. The number of aryl methyl sites for hydroxylation is 1. The van der Waals surface area contributed by atoms with Gasteiger partial charge in [0.2, 0.25) is 0 Å². The predicted molar refractivity (Wildman–Crippen MR) is 75.1 cm³/mol. The monoisotopic (exact) mass is 316 g/mol. The van der Waals surface area contributed by atoms with Gasteiger partial charge in [0, 0.05) is 15.2 Å². The third-order valence-electron chi connectivity index (χ3n) is 2.22. The van der Waals surface area contributed by atoms with Crippen LogP contribution in [0.4, 0.5) is 0 Å². The van der Waals surface area contributed by atoms with Crippen molar-refractivity contribution in [3.8, 4) is 10.6 Å². The van der Waals surface area contributed by atoms with Crippen LogP contribution in [-0.4, -0.2) is 11.5 Å². The molecule has 0 aliphatic carbocycles. The van der Waals surface area contributed by atoms with Crippen molar-refractivity contribution in [3.63, 3.8) is 0 Å². The fourth-order valence-corrected chi connectivity index (χ4v) is 3.71. The van der Waals surface area contributed by atoms with Crippen molar-refractivity contribution in [2.75, 3.05) is 6.54 Å². The van der Waals surface area contributed by atoms with Crippen LogP contribution in [0.3, 0.4) is 0 Å². The first kappa shape index (κ1) is 12.2. The predicted octanol–water partition coefficient (Wildman–Crippen LogP) is 3.92. The van der Waals surface area contributed by atoms with Gasteiger partial charge in [0.15, 0.2) is 0 Å². The first-order chi connectivity index (χ1) is 7.79. The van der Waals surface area contributed by atoms with E-state index in [1.807, 2.05) is 0 Å². The van der Waals surface area contributed by atoms with Crippen molar-refractivity contribution in [1.82, 2.24) is 4.98 Å². The SMILES string of the molecule is NCCCCc1nc(-c2cc(Br)cs2)cs1. The molecule has 2 N–H and O–H groups in total. The summed E-state index contributed by atoms with van der Waals surface area (Å²) < 4.78 is 1.13. The number of thiazole rings is 1. The summed E-state index contributed by atoms with van der Waals surface area (Å²) in [6.07, 6.45) is 3.27. The molecule has 0 saturated carbocycles. The van der Waals surface area contributed by atoms with Crippen molar-refractivity contribution in [3.05, 3.63) is 26.3 Å². The number of hydrogen-bond acceptors (Lipinski definition) is 4. The van der Waals surface area contributed by atoms with Crippen LogP contribution in [0.5, 0.6) is 0 Å². The highest BCUT2D eigenvalue weighted by Gasteiger charge is 2.06. The molecule has 2 aromatic rings. The maximum absolute atomic E-state index is 5.47. The number of nitrogens with zero attached hydrogens (tertiary/aromatic N) is 1. The number of halogens is 1. The van der Waals surface area contributed by atoms with Gasteiger partial charge in [0.25, 0.3) is 0 Å². The molecule has 0 radical (unpaired) electrons. The Bertz CT molecular complexity index is 450. The van der Waals surface area contributed by atoms with Gasteiger partial charge in [-0.15, -0.1) is 22.7 Å². The van der Waals surface area contributed by atoms with Crippen LogP contribution in [0, 0.1) is 0 Å². The summed E-state index contributed by atoms with van der Waals surface area (Å²) in [5.74, 6) is 0. The van der Waals surface area contributed by atoms with Gasteiger partial charge in [-0.1, -0.05) is 0 Å². The van der Waals surface area contributed by atoms with Gasteiger partial charge in [-0.2, -0.15) is 0 Å². The number of aromatic nitrogens is 1. The normalized spacial score (nSPS) is 10.9. The minimum atomic E-state index is 0.774. The molecule has 0 spiro atoms. The smallest absolute Gasteiger partial charge is 0.0932 e. The lowest BCUT2D eigenvalue weighted by molar-refractivity contribution is 0.742. The third-order valence-corrected chi connectivity index (χ3v) is 4.84. The Labute approximate surface area is 112 Å². The van der Waals surface area contributed by atoms with Crippen molar-refractivity contribution >= 4 is 38.6 Å². The second-order valence-corrected chi connectivity index (χ2v) is 6.27. The highest BCUT2D eigenvalue weighted by atomic mass is 79.9. The summed E-state index contributed by atoms with van der Waals surface area (Å²) in [5.41, 5.74) is 6.57. The van der Waals surface area contributed by atoms with E-state index in [0.717, 1.165) is 36.0 Å². The van der Waals surface area contributed by atoms with E-state index in [4.69, 9.17) is 5.73 Å². The Balaban J connectivity index is 2.02. The van der Waals surface area contributed by atoms with Crippen molar-refractivity contribution in [2.45, 2.75) is 19.3 Å². The van der Waals surface area contributed by atoms with Crippen molar-refractivity contribution in [2.24, 2.45) is 5.73 Å². The number of nitrogens with two attached hydrogens (primary N) is 1. The van der Waals surface area contributed by atoms with Crippen LogP contribution >= 0.6 is 38.6 Å². The molecule has 86 valence electrons. The Kier molecular flexibility index (Phi) is 4.52. The molecule has 0 aliphatic heterocycles. The summed E-state index contributed by atoms with van der Waals surface area (Å²) in [6, 6.07) is 2.11. The first-order valence-corrected chi connectivity index (χ1v) is 7.73. The van der Waals surface area contributed by atoms with E-state index in [2.05, 4.69) is 37.7 Å². The lowest BCUT2D eigenvalue weighted by Crippen LogP contribution is -1.98. The van der Waals surface area contributed by atoms with E-state index < -0.39 is 0 Å². The molecule has 0 unspecified atom stereocenters. The average Bonchev–Trinajstić information content (AvgIpc) is 2.87. The highest BCUT2D eigenvalue weighted by Crippen LogP contribution is 2.30. The van der Waals surface area contributed by atoms with E-state index in [0.29, 0.717) is 0 Å². The molecule has 0 amide bonds. The molecule has 5 heteroatoms. The summed E-state index contributed by atoms with van der Waals surface area (Å²) in [7, 11) is 0. The Morgan fingerprint density at radius 2 is 2.12 bits per heavy atom. The number of unbranched alkanes of at least 4 members (excludes halogenated alkanes) is 1. The van der Waals surface area contributed by atoms with E-state index in [1.54, 1.807) is 22.7 Å². The van der Waals surface area contributed by atoms with E-state index >= 15 is 0 Å². The van der Waals surface area contributed by atoms with Crippen LogP contribution in [0.2, 0.25) is 0 Å². The summed E-state index contributed by atoms with van der Waals surface area (Å²) in [5, 5.41) is 5.44. The molecule has 2 aromatic heterocycles. The second kappa shape index (κ2) is 5.91. The number of rotatable bonds is 5. The summed E-state index contributed by atoms with van der Waals surface area (Å²) >= 11 is 6.92. The zero-order valence-electron chi connectivity index (χ0n) is 8.78. The van der Waals surface area contributed by atoms with Gasteiger partial charge in [0.05, 0.1) is 15.6 Å². The Morgan fingerprint density at radius 3 is 2.81 bits per heavy atom.